The summed E-state index contributed by atoms with van der Waals surface area (Å²) in [6.45, 7) is 4.54. The number of fused-ring (bicyclic) bond motifs is 4. The van der Waals surface area contributed by atoms with Crippen LogP contribution in [0.25, 0.3) is 32.3 Å². The lowest BCUT2D eigenvalue weighted by atomic mass is 9.87. The summed E-state index contributed by atoms with van der Waals surface area (Å²) in [5.74, 6) is 0. The Morgan fingerprint density at radius 2 is 1.07 bits per heavy atom. The van der Waals surface area contributed by atoms with Crippen molar-refractivity contribution in [3.05, 3.63) is 107 Å². The van der Waals surface area contributed by atoms with Crippen molar-refractivity contribution in [3.8, 4) is 0 Å². The molecule has 0 nitrogen and oxygen atoms in total. The summed E-state index contributed by atoms with van der Waals surface area (Å²) in [5, 5.41) is 8.25. The summed E-state index contributed by atoms with van der Waals surface area (Å²) >= 11 is 0. The van der Waals surface area contributed by atoms with Crippen LogP contribution in [0, 0.1) is 13.8 Å². The first kappa shape index (κ1) is 16.1. The van der Waals surface area contributed by atoms with Crippen molar-refractivity contribution in [3.63, 3.8) is 0 Å². The van der Waals surface area contributed by atoms with Crippen molar-refractivity contribution in [2.45, 2.75) is 20.3 Å². The number of rotatable bonds is 2. The second-order valence-electron chi connectivity index (χ2n) is 7.46. The molecule has 130 valence electrons. The molecular formula is C27H22. The van der Waals surface area contributed by atoms with E-state index in [1.165, 1.54) is 54.6 Å². The van der Waals surface area contributed by atoms with Gasteiger partial charge in [-0.15, -0.1) is 0 Å². The lowest BCUT2D eigenvalue weighted by molar-refractivity contribution is 1.22. The molecule has 0 unspecified atom stereocenters. The Balaban J connectivity index is 1.92. The van der Waals surface area contributed by atoms with Gasteiger partial charge in [-0.25, -0.2) is 0 Å². The maximum atomic E-state index is 2.43. The minimum Gasteiger partial charge on any atom is -0.0622 e. The molecule has 0 heteroatoms. The largest absolute Gasteiger partial charge is 0.0622 e. The molecule has 5 aromatic rings. The highest BCUT2D eigenvalue weighted by Crippen LogP contribution is 2.38. The summed E-state index contributed by atoms with van der Waals surface area (Å²) < 4.78 is 0. The highest BCUT2D eigenvalue weighted by Gasteiger charge is 2.14. The van der Waals surface area contributed by atoms with Crippen LogP contribution in [0.1, 0.15) is 22.3 Å². The Kier molecular flexibility index (Phi) is 3.72. The van der Waals surface area contributed by atoms with Gasteiger partial charge < -0.3 is 0 Å². The Labute approximate surface area is 160 Å². The standard InChI is InChI=1S/C27H22/c1-18-22-12-6-7-13-23(22)19(2)27-25-15-9-8-14-24(25)21(17-26(18)27)16-20-10-4-3-5-11-20/h3-15,17H,16H2,1-2H3. The van der Waals surface area contributed by atoms with Gasteiger partial charge >= 0.3 is 0 Å². The van der Waals surface area contributed by atoms with Gasteiger partial charge in [-0.05, 0) is 80.9 Å². The quantitative estimate of drug-likeness (QED) is 0.231. The molecule has 0 atom stereocenters. The van der Waals surface area contributed by atoms with Crippen LogP contribution >= 0.6 is 0 Å². The molecule has 0 fully saturated rings. The van der Waals surface area contributed by atoms with Gasteiger partial charge in [0.1, 0.15) is 0 Å². The molecule has 0 N–H and O–H groups in total. The fourth-order valence-corrected chi connectivity index (χ4v) is 4.53. The van der Waals surface area contributed by atoms with E-state index >= 15 is 0 Å². The number of hydrogen-bond donors (Lipinski definition) is 0. The SMILES string of the molecule is Cc1c2ccccc2c(C)c2c1cc(Cc1ccccc1)c1ccccc12. The molecule has 5 aromatic carbocycles. The van der Waals surface area contributed by atoms with E-state index in [0.717, 1.165) is 6.42 Å². The van der Waals surface area contributed by atoms with E-state index in [2.05, 4.69) is 98.8 Å². The Morgan fingerprint density at radius 3 is 1.78 bits per heavy atom. The van der Waals surface area contributed by atoms with Crippen molar-refractivity contribution in [2.24, 2.45) is 0 Å². The molecule has 0 amide bonds. The number of hydrogen-bond acceptors (Lipinski definition) is 0. The lowest BCUT2D eigenvalue weighted by Gasteiger charge is -2.17. The monoisotopic (exact) mass is 346 g/mol. The number of aryl methyl sites for hydroxylation is 2. The number of benzene rings is 5. The van der Waals surface area contributed by atoms with Crippen LogP contribution in [-0.2, 0) is 6.42 Å². The molecule has 0 bridgehead atoms. The Hall–Kier alpha value is -3.12. The van der Waals surface area contributed by atoms with Gasteiger partial charge in [-0.1, -0.05) is 78.9 Å². The fraction of sp³-hybridized carbons (Fsp3) is 0.111. The second kappa shape index (κ2) is 6.25. The van der Waals surface area contributed by atoms with Gasteiger partial charge in [-0.3, -0.25) is 0 Å². The van der Waals surface area contributed by atoms with Crippen molar-refractivity contribution in [1.82, 2.24) is 0 Å². The molecule has 0 saturated carbocycles. The van der Waals surface area contributed by atoms with E-state index in [4.69, 9.17) is 0 Å². The highest BCUT2D eigenvalue weighted by atomic mass is 14.2. The zero-order chi connectivity index (χ0) is 18.4. The summed E-state index contributed by atoms with van der Waals surface area (Å²) in [5.41, 5.74) is 5.53. The molecule has 0 aromatic heterocycles. The van der Waals surface area contributed by atoms with Crippen LogP contribution in [-0.4, -0.2) is 0 Å². The minimum atomic E-state index is 0.961. The maximum absolute atomic E-state index is 2.43. The lowest BCUT2D eigenvalue weighted by Crippen LogP contribution is -1.95. The van der Waals surface area contributed by atoms with E-state index < -0.39 is 0 Å². The molecule has 0 radical (unpaired) electrons. The molecule has 27 heavy (non-hydrogen) atoms. The molecule has 0 aliphatic heterocycles. The third-order valence-electron chi connectivity index (χ3n) is 5.88. The van der Waals surface area contributed by atoms with Gasteiger partial charge in [-0.2, -0.15) is 0 Å². The second-order valence-corrected chi connectivity index (χ2v) is 7.46. The van der Waals surface area contributed by atoms with E-state index in [-0.39, 0.29) is 0 Å². The average molecular weight is 346 g/mol. The molecule has 0 aliphatic carbocycles. The van der Waals surface area contributed by atoms with Crippen LogP contribution in [0.4, 0.5) is 0 Å². The third kappa shape index (κ3) is 2.52. The zero-order valence-electron chi connectivity index (χ0n) is 15.8. The summed E-state index contributed by atoms with van der Waals surface area (Å²) in [6, 6.07) is 30.9. The van der Waals surface area contributed by atoms with Crippen LogP contribution < -0.4 is 0 Å². The first-order valence-electron chi connectivity index (χ1n) is 9.60. The van der Waals surface area contributed by atoms with Gasteiger partial charge in [0.15, 0.2) is 0 Å². The molecule has 0 spiro atoms. The van der Waals surface area contributed by atoms with Crippen molar-refractivity contribution in [1.29, 1.82) is 0 Å². The maximum Gasteiger partial charge on any atom is -0.00194 e. The van der Waals surface area contributed by atoms with Crippen LogP contribution in [0.5, 0.6) is 0 Å². The van der Waals surface area contributed by atoms with E-state index in [9.17, 15) is 0 Å². The highest BCUT2D eigenvalue weighted by molar-refractivity contribution is 6.17. The smallest absolute Gasteiger partial charge is 0.00194 e. The first-order chi connectivity index (χ1) is 13.2. The van der Waals surface area contributed by atoms with Crippen molar-refractivity contribution in [2.75, 3.05) is 0 Å². The molecular weight excluding hydrogens is 324 g/mol. The predicted molar refractivity (Wildman–Crippen MR) is 118 cm³/mol. The van der Waals surface area contributed by atoms with E-state index in [1.807, 2.05) is 0 Å². The van der Waals surface area contributed by atoms with Gasteiger partial charge in [0.05, 0.1) is 0 Å². The fourth-order valence-electron chi connectivity index (χ4n) is 4.53. The first-order valence-corrected chi connectivity index (χ1v) is 9.60. The van der Waals surface area contributed by atoms with Crippen LogP contribution in [0.15, 0.2) is 84.9 Å². The average Bonchev–Trinajstić information content (AvgIpc) is 2.72. The molecule has 0 aliphatic rings. The summed E-state index contributed by atoms with van der Waals surface area (Å²) in [4.78, 5) is 0. The van der Waals surface area contributed by atoms with Gasteiger partial charge in [0.2, 0.25) is 0 Å². The Morgan fingerprint density at radius 1 is 0.519 bits per heavy atom. The third-order valence-corrected chi connectivity index (χ3v) is 5.88. The summed E-state index contributed by atoms with van der Waals surface area (Å²) in [7, 11) is 0. The van der Waals surface area contributed by atoms with Gasteiger partial charge in [0, 0.05) is 0 Å². The van der Waals surface area contributed by atoms with E-state index in [0.29, 0.717) is 0 Å². The van der Waals surface area contributed by atoms with Gasteiger partial charge in [0.25, 0.3) is 0 Å². The molecule has 0 saturated heterocycles. The topological polar surface area (TPSA) is 0 Å². The zero-order valence-corrected chi connectivity index (χ0v) is 15.8. The Bertz CT molecular complexity index is 1290. The van der Waals surface area contributed by atoms with Crippen molar-refractivity contribution < 1.29 is 0 Å². The van der Waals surface area contributed by atoms with E-state index in [1.54, 1.807) is 0 Å². The van der Waals surface area contributed by atoms with Crippen molar-refractivity contribution >= 4 is 32.3 Å². The molecule has 5 rings (SSSR count). The summed E-state index contributed by atoms with van der Waals surface area (Å²) in [6.07, 6.45) is 0.961. The minimum absolute atomic E-state index is 0.961. The molecule has 0 heterocycles. The normalized spacial score (nSPS) is 11.5. The predicted octanol–water partition coefficient (Wildman–Crippen LogP) is 7.35. The van der Waals surface area contributed by atoms with Crippen LogP contribution in [0.3, 0.4) is 0 Å². The van der Waals surface area contributed by atoms with Crippen LogP contribution in [0.2, 0.25) is 0 Å².